The predicted octanol–water partition coefficient (Wildman–Crippen LogP) is 3.37. The van der Waals surface area contributed by atoms with Crippen molar-refractivity contribution in [3.8, 4) is 11.4 Å². The van der Waals surface area contributed by atoms with Gasteiger partial charge in [0, 0.05) is 11.3 Å². The maximum Gasteiger partial charge on any atom is 0.181 e. The van der Waals surface area contributed by atoms with E-state index in [2.05, 4.69) is 10.1 Å². The molecule has 0 radical (unpaired) electrons. The van der Waals surface area contributed by atoms with Crippen molar-refractivity contribution in [3.63, 3.8) is 0 Å². The van der Waals surface area contributed by atoms with Crippen molar-refractivity contribution in [1.29, 1.82) is 0 Å². The number of nitrogens with zero attached hydrogens (tertiary/aromatic N) is 3. The van der Waals surface area contributed by atoms with Gasteiger partial charge in [-0.3, -0.25) is 0 Å². The molecule has 1 heterocycles. The van der Waals surface area contributed by atoms with E-state index < -0.39 is 5.82 Å². The Morgan fingerprint density at radius 1 is 1.19 bits per heavy atom. The normalized spacial score (nSPS) is 10.8. The first-order valence-electron chi connectivity index (χ1n) is 6.32. The fraction of sp³-hybridized carbons (Fsp3) is 0.0667. The van der Waals surface area contributed by atoms with Gasteiger partial charge in [-0.25, -0.2) is 14.1 Å². The van der Waals surface area contributed by atoms with E-state index in [4.69, 9.17) is 17.3 Å². The molecule has 21 heavy (non-hydrogen) atoms. The third-order valence-corrected chi connectivity index (χ3v) is 3.47. The Labute approximate surface area is 126 Å². The lowest BCUT2D eigenvalue weighted by Gasteiger charge is -2.04. The summed E-state index contributed by atoms with van der Waals surface area (Å²) in [6.45, 7) is 0.353. The third kappa shape index (κ3) is 2.87. The van der Waals surface area contributed by atoms with Gasteiger partial charge in [0.25, 0.3) is 0 Å². The second-order valence-electron chi connectivity index (χ2n) is 4.60. The Balaban J connectivity index is 1.87. The number of aromatic nitrogens is 3. The fourth-order valence-corrected chi connectivity index (χ4v) is 2.21. The molecule has 0 unspecified atom stereocenters. The molecule has 0 fully saturated rings. The van der Waals surface area contributed by atoms with Crippen LogP contribution in [0.4, 0.5) is 10.1 Å². The first-order chi connectivity index (χ1) is 10.1. The number of benzene rings is 2. The van der Waals surface area contributed by atoms with Gasteiger partial charge in [-0.2, -0.15) is 5.10 Å². The van der Waals surface area contributed by atoms with Crippen molar-refractivity contribution < 1.29 is 4.39 Å². The molecule has 4 nitrogen and oxygen atoms in total. The van der Waals surface area contributed by atoms with E-state index >= 15 is 0 Å². The van der Waals surface area contributed by atoms with E-state index in [1.165, 1.54) is 6.07 Å². The highest BCUT2D eigenvalue weighted by molar-refractivity contribution is 6.31. The lowest BCUT2D eigenvalue weighted by atomic mass is 10.2. The molecule has 0 aliphatic heterocycles. The fourth-order valence-electron chi connectivity index (χ4n) is 2.03. The van der Waals surface area contributed by atoms with Crippen LogP contribution in [0.5, 0.6) is 0 Å². The summed E-state index contributed by atoms with van der Waals surface area (Å²) in [5.74, 6) is 0.125. The monoisotopic (exact) mass is 302 g/mol. The van der Waals surface area contributed by atoms with E-state index in [1.54, 1.807) is 35.3 Å². The summed E-state index contributed by atoms with van der Waals surface area (Å²) in [4.78, 5) is 4.24. The first-order valence-corrected chi connectivity index (χ1v) is 6.69. The van der Waals surface area contributed by atoms with Gasteiger partial charge in [0.2, 0.25) is 0 Å². The molecular formula is C15H12ClFN4. The Morgan fingerprint density at radius 2 is 2.00 bits per heavy atom. The highest BCUT2D eigenvalue weighted by Gasteiger charge is 2.09. The van der Waals surface area contributed by atoms with Crippen LogP contribution in [0.1, 0.15) is 5.56 Å². The summed E-state index contributed by atoms with van der Waals surface area (Å²) < 4.78 is 15.0. The molecule has 0 spiro atoms. The molecule has 0 saturated heterocycles. The van der Waals surface area contributed by atoms with E-state index in [0.29, 0.717) is 23.6 Å². The summed E-state index contributed by atoms with van der Waals surface area (Å²) in [5.41, 5.74) is 7.88. The Morgan fingerprint density at radius 3 is 2.81 bits per heavy atom. The Bertz CT molecular complexity index is 785. The molecule has 0 amide bonds. The smallest absolute Gasteiger partial charge is 0.181 e. The third-order valence-electron chi connectivity index (χ3n) is 3.05. The molecule has 0 aliphatic rings. The maximum atomic E-state index is 13.4. The second-order valence-corrected chi connectivity index (χ2v) is 4.98. The molecule has 0 atom stereocenters. The van der Waals surface area contributed by atoms with Crippen LogP contribution < -0.4 is 5.73 Å². The average molecular weight is 303 g/mol. The molecule has 0 saturated carbocycles. The number of hydrogen-bond donors (Lipinski definition) is 1. The molecular weight excluding hydrogens is 291 g/mol. The number of nitrogens with two attached hydrogens (primary N) is 1. The maximum absolute atomic E-state index is 13.4. The van der Waals surface area contributed by atoms with Crippen LogP contribution >= 0.6 is 11.6 Å². The van der Waals surface area contributed by atoms with E-state index in [9.17, 15) is 4.39 Å². The zero-order valence-electron chi connectivity index (χ0n) is 11.0. The van der Waals surface area contributed by atoms with Gasteiger partial charge in [-0.05, 0) is 23.8 Å². The number of rotatable bonds is 3. The minimum absolute atomic E-state index is 0.110. The zero-order valence-corrected chi connectivity index (χ0v) is 11.8. The van der Waals surface area contributed by atoms with Crippen molar-refractivity contribution in [3.05, 3.63) is 65.2 Å². The van der Waals surface area contributed by atoms with Crippen LogP contribution in [0.15, 0.2) is 48.8 Å². The summed E-state index contributed by atoms with van der Waals surface area (Å²) in [5, 5.41) is 4.47. The number of hydrogen-bond acceptors (Lipinski definition) is 3. The zero-order chi connectivity index (χ0) is 14.8. The van der Waals surface area contributed by atoms with E-state index in [1.807, 2.05) is 12.1 Å². The van der Waals surface area contributed by atoms with Crippen molar-refractivity contribution in [2.24, 2.45) is 0 Å². The van der Waals surface area contributed by atoms with Gasteiger partial charge in [0.05, 0.1) is 11.6 Å². The summed E-state index contributed by atoms with van der Waals surface area (Å²) in [6, 6.07) is 12.0. The van der Waals surface area contributed by atoms with Crippen LogP contribution in [0.3, 0.4) is 0 Å². The highest BCUT2D eigenvalue weighted by atomic mass is 35.5. The lowest BCUT2D eigenvalue weighted by molar-refractivity contribution is 0.620. The van der Waals surface area contributed by atoms with Crippen molar-refractivity contribution in [1.82, 2.24) is 14.8 Å². The largest absolute Gasteiger partial charge is 0.399 e. The van der Waals surface area contributed by atoms with Crippen LogP contribution in [-0.4, -0.2) is 14.8 Å². The number of nitrogen functional groups attached to an aromatic ring is 1. The molecule has 6 heteroatoms. The molecule has 3 aromatic rings. The molecule has 2 aromatic carbocycles. The predicted molar refractivity (Wildman–Crippen MR) is 80.4 cm³/mol. The Kier molecular flexibility index (Phi) is 3.58. The summed E-state index contributed by atoms with van der Waals surface area (Å²) >= 11 is 5.93. The van der Waals surface area contributed by atoms with Crippen molar-refractivity contribution in [2.45, 2.75) is 6.54 Å². The minimum Gasteiger partial charge on any atom is -0.399 e. The summed E-state index contributed by atoms with van der Waals surface area (Å²) in [7, 11) is 0. The van der Waals surface area contributed by atoms with Crippen LogP contribution in [-0.2, 0) is 6.54 Å². The molecule has 3 rings (SSSR count). The van der Waals surface area contributed by atoms with Crippen LogP contribution in [0, 0.1) is 5.82 Å². The minimum atomic E-state index is -0.440. The molecule has 106 valence electrons. The van der Waals surface area contributed by atoms with Gasteiger partial charge in [0.15, 0.2) is 5.82 Å². The molecule has 0 bridgehead atoms. The second kappa shape index (κ2) is 5.54. The quantitative estimate of drug-likeness (QED) is 0.755. The van der Waals surface area contributed by atoms with Crippen LogP contribution in [0.25, 0.3) is 11.4 Å². The van der Waals surface area contributed by atoms with Gasteiger partial charge in [0.1, 0.15) is 12.1 Å². The van der Waals surface area contributed by atoms with Gasteiger partial charge >= 0.3 is 0 Å². The molecule has 0 aliphatic carbocycles. The lowest BCUT2D eigenvalue weighted by Crippen LogP contribution is -2.02. The van der Waals surface area contributed by atoms with Gasteiger partial charge < -0.3 is 5.73 Å². The first kappa shape index (κ1) is 13.6. The Hall–Kier alpha value is -2.40. The standard InChI is InChI=1S/C15H12ClFN4/c16-14-11(4-2-6-13(14)17)8-21-9-19-15(20-21)10-3-1-5-12(18)7-10/h1-7,9H,8,18H2. The van der Waals surface area contributed by atoms with Crippen molar-refractivity contribution in [2.75, 3.05) is 5.73 Å². The van der Waals surface area contributed by atoms with Gasteiger partial charge in [-0.1, -0.05) is 35.9 Å². The van der Waals surface area contributed by atoms with Crippen molar-refractivity contribution >= 4 is 17.3 Å². The average Bonchev–Trinajstić information content (AvgIpc) is 2.93. The highest BCUT2D eigenvalue weighted by Crippen LogP contribution is 2.21. The topological polar surface area (TPSA) is 56.7 Å². The number of anilines is 1. The molecule has 1 aromatic heterocycles. The number of halogens is 2. The van der Waals surface area contributed by atoms with E-state index in [-0.39, 0.29) is 5.02 Å². The van der Waals surface area contributed by atoms with Gasteiger partial charge in [-0.15, -0.1) is 0 Å². The summed E-state index contributed by atoms with van der Waals surface area (Å²) in [6.07, 6.45) is 1.58. The molecule has 2 N–H and O–H groups in total. The van der Waals surface area contributed by atoms with E-state index in [0.717, 1.165) is 5.56 Å². The van der Waals surface area contributed by atoms with Crippen LogP contribution in [0.2, 0.25) is 5.02 Å². The SMILES string of the molecule is Nc1cccc(-c2ncn(Cc3cccc(F)c3Cl)n2)c1.